The highest BCUT2D eigenvalue weighted by Gasteiger charge is 2.29. The molecule has 1 saturated heterocycles. The minimum absolute atomic E-state index is 0. The topological polar surface area (TPSA) is 89.5 Å². The molecule has 1 fully saturated rings. The second kappa shape index (κ2) is 6.82. The number of nitrogens with zero attached hydrogens (tertiary/aromatic N) is 2. The van der Waals surface area contributed by atoms with E-state index < -0.39 is 16.6 Å². The molecule has 1 amide bonds. The number of amides is 1. The largest absolute Gasteiger partial charge is 0.338 e. The SMILES string of the molecule is Cc1cc(F)cc(C(=O)N2CCC(N)CC2)c1[N+](=O)[O-].Cl. The number of hydrogen-bond acceptors (Lipinski definition) is 4. The van der Waals surface area contributed by atoms with Gasteiger partial charge in [-0.2, -0.15) is 0 Å². The number of halogens is 2. The molecule has 0 unspecified atom stereocenters. The van der Waals surface area contributed by atoms with E-state index in [1.165, 1.54) is 11.8 Å². The van der Waals surface area contributed by atoms with Crippen molar-refractivity contribution in [2.75, 3.05) is 13.1 Å². The third kappa shape index (κ3) is 3.68. The Kier molecular flexibility index (Phi) is 5.62. The summed E-state index contributed by atoms with van der Waals surface area (Å²) in [6, 6.07) is 2.03. The van der Waals surface area contributed by atoms with Gasteiger partial charge < -0.3 is 10.6 Å². The highest BCUT2D eigenvalue weighted by atomic mass is 35.5. The molecule has 1 heterocycles. The van der Waals surface area contributed by atoms with Gasteiger partial charge in [0.2, 0.25) is 0 Å². The quantitative estimate of drug-likeness (QED) is 0.667. The van der Waals surface area contributed by atoms with Crippen LogP contribution in [0.3, 0.4) is 0 Å². The van der Waals surface area contributed by atoms with Gasteiger partial charge in [0, 0.05) is 24.7 Å². The van der Waals surface area contributed by atoms with Crippen molar-refractivity contribution in [2.24, 2.45) is 5.73 Å². The fourth-order valence-electron chi connectivity index (χ4n) is 2.41. The second-order valence-electron chi connectivity index (χ2n) is 5.01. The molecule has 0 spiro atoms. The van der Waals surface area contributed by atoms with E-state index in [1.807, 2.05) is 0 Å². The number of carbonyl (C=O) groups is 1. The average Bonchev–Trinajstić information content (AvgIpc) is 2.37. The Morgan fingerprint density at radius 3 is 2.52 bits per heavy atom. The number of likely N-dealkylation sites (tertiary alicyclic amines) is 1. The smallest absolute Gasteiger partial charge is 0.285 e. The summed E-state index contributed by atoms with van der Waals surface area (Å²) in [5, 5.41) is 11.1. The lowest BCUT2D eigenvalue weighted by Gasteiger charge is -2.30. The Labute approximate surface area is 127 Å². The van der Waals surface area contributed by atoms with Crippen LogP contribution < -0.4 is 5.73 Å². The van der Waals surface area contributed by atoms with Gasteiger partial charge in [0.05, 0.1) is 4.92 Å². The fraction of sp³-hybridized carbons (Fsp3) is 0.462. The van der Waals surface area contributed by atoms with E-state index >= 15 is 0 Å². The molecule has 0 aliphatic carbocycles. The van der Waals surface area contributed by atoms with Crippen molar-refractivity contribution in [3.8, 4) is 0 Å². The van der Waals surface area contributed by atoms with Gasteiger partial charge >= 0.3 is 0 Å². The molecule has 0 saturated carbocycles. The number of aryl methyl sites for hydroxylation is 1. The maximum Gasteiger partial charge on any atom is 0.285 e. The summed E-state index contributed by atoms with van der Waals surface area (Å²) in [6.07, 6.45) is 1.29. The van der Waals surface area contributed by atoms with Crippen LogP contribution in [-0.4, -0.2) is 34.9 Å². The Hall–Kier alpha value is -1.73. The van der Waals surface area contributed by atoms with Crippen LogP contribution in [0.5, 0.6) is 0 Å². The number of carbonyl (C=O) groups excluding carboxylic acids is 1. The Bertz CT molecular complexity index is 560. The molecule has 1 aliphatic rings. The number of hydrogen-bond donors (Lipinski definition) is 1. The van der Waals surface area contributed by atoms with E-state index in [0.717, 1.165) is 12.1 Å². The van der Waals surface area contributed by atoms with E-state index in [9.17, 15) is 19.3 Å². The molecule has 8 heteroatoms. The normalized spacial score (nSPS) is 15.5. The zero-order valence-electron chi connectivity index (χ0n) is 11.5. The van der Waals surface area contributed by atoms with Crippen molar-refractivity contribution >= 4 is 24.0 Å². The molecule has 1 aromatic rings. The lowest BCUT2D eigenvalue weighted by molar-refractivity contribution is -0.385. The van der Waals surface area contributed by atoms with Crippen LogP contribution in [0.1, 0.15) is 28.8 Å². The molecule has 21 heavy (non-hydrogen) atoms. The highest BCUT2D eigenvalue weighted by molar-refractivity contribution is 5.98. The van der Waals surface area contributed by atoms with Crippen molar-refractivity contribution in [2.45, 2.75) is 25.8 Å². The predicted octanol–water partition coefficient (Wildman–Crippen LogP) is 2.03. The molecular weight excluding hydrogens is 301 g/mol. The van der Waals surface area contributed by atoms with Gasteiger partial charge in [-0.3, -0.25) is 14.9 Å². The summed E-state index contributed by atoms with van der Waals surface area (Å²) in [7, 11) is 0. The van der Waals surface area contributed by atoms with Crippen molar-refractivity contribution in [3.63, 3.8) is 0 Å². The predicted molar refractivity (Wildman–Crippen MR) is 78.2 cm³/mol. The van der Waals surface area contributed by atoms with Crippen LogP contribution in [0.4, 0.5) is 10.1 Å². The van der Waals surface area contributed by atoms with E-state index in [1.54, 1.807) is 0 Å². The molecule has 2 N–H and O–H groups in total. The van der Waals surface area contributed by atoms with Crippen LogP contribution in [-0.2, 0) is 0 Å². The number of nitrogens with two attached hydrogens (primary N) is 1. The van der Waals surface area contributed by atoms with Crippen LogP contribution in [0.25, 0.3) is 0 Å². The first-order valence-corrected chi connectivity index (χ1v) is 6.39. The molecule has 0 aromatic heterocycles. The Balaban J connectivity index is 0.00000220. The molecular formula is C13H17ClFN3O3. The maximum absolute atomic E-state index is 13.4. The summed E-state index contributed by atoms with van der Waals surface area (Å²) >= 11 is 0. The lowest BCUT2D eigenvalue weighted by atomic mass is 10.0. The zero-order valence-corrected chi connectivity index (χ0v) is 12.4. The molecule has 1 aliphatic heterocycles. The van der Waals surface area contributed by atoms with Gasteiger partial charge in [0.1, 0.15) is 11.4 Å². The fourth-order valence-corrected chi connectivity index (χ4v) is 2.41. The van der Waals surface area contributed by atoms with Gasteiger partial charge in [0.15, 0.2) is 0 Å². The van der Waals surface area contributed by atoms with Gasteiger partial charge in [-0.1, -0.05) is 0 Å². The summed E-state index contributed by atoms with van der Waals surface area (Å²) in [5.74, 6) is -1.16. The summed E-state index contributed by atoms with van der Waals surface area (Å²) in [5.41, 5.74) is 5.38. The van der Waals surface area contributed by atoms with Crippen molar-refractivity contribution in [1.29, 1.82) is 0 Å². The van der Waals surface area contributed by atoms with E-state index in [4.69, 9.17) is 5.73 Å². The first kappa shape index (κ1) is 17.3. The summed E-state index contributed by atoms with van der Waals surface area (Å²) in [4.78, 5) is 24.3. The molecule has 1 aromatic carbocycles. The van der Waals surface area contributed by atoms with E-state index in [2.05, 4.69) is 0 Å². The highest BCUT2D eigenvalue weighted by Crippen LogP contribution is 2.26. The van der Waals surface area contributed by atoms with Gasteiger partial charge in [-0.25, -0.2) is 4.39 Å². The van der Waals surface area contributed by atoms with Gasteiger partial charge in [0.25, 0.3) is 11.6 Å². The summed E-state index contributed by atoms with van der Waals surface area (Å²) < 4.78 is 13.4. The number of rotatable bonds is 2. The van der Waals surface area contributed by atoms with Crippen LogP contribution in [0.2, 0.25) is 0 Å². The van der Waals surface area contributed by atoms with Gasteiger partial charge in [-0.15, -0.1) is 12.4 Å². The average molecular weight is 318 g/mol. The van der Waals surface area contributed by atoms with Gasteiger partial charge in [-0.05, 0) is 31.9 Å². The molecule has 116 valence electrons. The number of benzene rings is 1. The van der Waals surface area contributed by atoms with Crippen molar-refractivity contribution in [3.05, 3.63) is 39.2 Å². The zero-order chi connectivity index (χ0) is 14.9. The number of piperidine rings is 1. The number of nitro benzene ring substituents is 1. The first-order valence-electron chi connectivity index (χ1n) is 6.39. The second-order valence-corrected chi connectivity index (χ2v) is 5.01. The van der Waals surface area contributed by atoms with E-state index in [-0.39, 0.29) is 35.3 Å². The monoisotopic (exact) mass is 317 g/mol. The molecule has 2 rings (SSSR count). The van der Waals surface area contributed by atoms with Crippen LogP contribution in [0, 0.1) is 22.9 Å². The minimum Gasteiger partial charge on any atom is -0.338 e. The molecule has 0 bridgehead atoms. The Morgan fingerprint density at radius 1 is 1.43 bits per heavy atom. The van der Waals surface area contributed by atoms with E-state index in [0.29, 0.717) is 25.9 Å². The number of nitro groups is 1. The van der Waals surface area contributed by atoms with Crippen molar-refractivity contribution < 1.29 is 14.1 Å². The van der Waals surface area contributed by atoms with Crippen LogP contribution in [0.15, 0.2) is 12.1 Å². The Morgan fingerprint density at radius 2 is 2.00 bits per heavy atom. The lowest BCUT2D eigenvalue weighted by Crippen LogP contribution is -2.43. The molecule has 6 nitrogen and oxygen atoms in total. The molecule has 0 radical (unpaired) electrons. The third-order valence-corrected chi connectivity index (χ3v) is 3.51. The van der Waals surface area contributed by atoms with Crippen LogP contribution >= 0.6 is 12.4 Å². The molecule has 0 atom stereocenters. The maximum atomic E-state index is 13.4. The summed E-state index contributed by atoms with van der Waals surface area (Å²) in [6.45, 7) is 2.30. The third-order valence-electron chi connectivity index (χ3n) is 3.51. The van der Waals surface area contributed by atoms with Crippen molar-refractivity contribution in [1.82, 2.24) is 4.90 Å². The standard InChI is InChI=1S/C13H16FN3O3.ClH/c1-8-6-9(14)7-11(12(8)17(19)20)13(18)16-4-2-10(15)3-5-16;/h6-7,10H,2-5,15H2,1H3;1H. The first-order chi connectivity index (χ1) is 9.40. The minimum atomic E-state index is -0.648.